The van der Waals surface area contributed by atoms with Crippen LogP contribution in [0.5, 0.6) is 0 Å². The number of rotatable bonds is 4. The molecule has 2 bridgehead atoms. The van der Waals surface area contributed by atoms with E-state index in [4.69, 9.17) is 4.42 Å². The lowest BCUT2D eigenvalue weighted by molar-refractivity contribution is -0.118. The molecule has 2 saturated carbocycles. The smallest absolute Gasteiger partial charge is 0.257 e. The number of fused-ring (bicyclic) bond motifs is 3. The first kappa shape index (κ1) is 16.6. The van der Waals surface area contributed by atoms with Gasteiger partial charge in [-0.3, -0.25) is 4.79 Å². The van der Waals surface area contributed by atoms with Gasteiger partial charge in [0.15, 0.2) is 5.58 Å². The number of thioether (sulfide) groups is 1. The summed E-state index contributed by atoms with van der Waals surface area (Å²) in [7, 11) is 0. The molecule has 1 aromatic carbocycles. The Kier molecular flexibility index (Phi) is 3.90. The van der Waals surface area contributed by atoms with Crippen LogP contribution in [0, 0.1) is 16.7 Å². The molecule has 1 heterocycles. The average molecular weight is 357 g/mol. The van der Waals surface area contributed by atoms with E-state index in [1.807, 2.05) is 24.3 Å². The van der Waals surface area contributed by atoms with Gasteiger partial charge in [-0.1, -0.05) is 44.7 Å². The molecule has 2 atom stereocenters. The van der Waals surface area contributed by atoms with Gasteiger partial charge in [-0.25, -0.2) is 10.4 Å². The summed E-state index contributed by atoms with van der Waals surface area (Å²) in [4.78, 5) is 16.5. The van der Waals surface area contributed by atoms with Crippen molar-refractivity contribution in [1.29, 1.82) is 0 Å². The van der Waals surface area contributed by atoms with E-state index in [2.05, 4.69) is 36.3 Å². The van der Waals surface area contributed by atoms with Crippen molar-refractivity contribution in [3.8, 4) is 0 Å². The number of carbonyl (C=O) groups is 1. The second kappa shape index (κ2) is 5.87. The van der Waals surface area contributed by atoms with Crippen LogP contribution in [0.15, 0.2) is 39.0 Å². The topological polar surface area (TPSA) is 67.5 Å². The highest BCUT2D eigenvalue weighted by atomic mass is 32.2. The van der Waals surface area contributed by atoms with Crippen LogP contribution in [0.3, 0.4) is 0 Å². The second-order valence-electron chi connectivity index (χ2n) is 7.82. The number of hydrazone groups is 1. The van der Waals surface area contributed by atoms with Gasteiger partial charge >= 0.3 is 0 Å². The van der Waals surface area contributed by atoms with Gasteiger partial charge in [0.1, 0.15) is 5.52 Å². The molecule has 4 rings (SSSR count). The van der Waals surface area contributed by atoms with E-state index < -0.39 is 0 Å². The molecule has 1 aromatic heterocycles. The lowest BCUT2D eigenvalue weighted by Crippen LogP contribution is -2.34. The van der Waals surface area contributed by atoms with Gasteiger partial charge in [0.25, 0.3) is 11.1 Å². The van der Waals surface area contributed by atoms with E-state index in [1.54, 1.807) is 0 Å². The molecule has 2 aromatic rings. The number of aromatic nitrogens is 1. The maximum absolute atomic E-state index is 12.2. The lowest BCUT2D eigenvalue weighted by atomic mass is 9.70. The van der Waals surface area contributed by atoms with Gasteiger partial charge in [0.2, 0.25) is 0 Å². The maximum atomic E-state index is 12.2. The Morgan fingerprint density at radius 3 is 2.88 bits per heavy atom. The summed E-state index contributed by atoms with van der Waals surface area (Å²) in [5.41, 5.74) is 5.81. The van der Waals surface area contributed by atoms with Crippen LogP contribution in [0.4, 0.5) is 0 Å². The average Bonchev–Trinajstić information content (AvgIpc) is 3.16. The number of amides is 1. The molecule has 132 valence electrons. The molecule has 0 saturated heterocycles. The molecule has 0 aliphatic heterocycles. The number of benzene rings is 1. The van der Waals surface area contributed by atoms with Crippen molar-refractivity contribution in [3.63, 3.8) is 0 Å². The number of nitrogens with one attached hydrogen (secondary N) is 1. The highest BCUT2D eigenvalue weighted by Gasteiger charge is 2.59. The van der Waals surface area contributed by atoms with E-state index in [0.717, 1.165) is 29.7 Å². The predicted molar refractivity (Wildman–Crippen MR) is 99.5 cm³/mol. The fourth-order valence-electron chi connectivity index (χ4n) is 4.30. The number of oxazole rings is 1. The van der Waals surface area contributed by atoms with Crippen LogP contribution in [0.25, 0.3) is 11.1 Å². The first-order valence-corrected chi connectivity index (χ1v) is 9.73. The first-order valence-electron chi connectivity index (χ1n) is 8.74. The van der Waals surface area contributed by atoms with Crippen LogP contribution in [-0.4, -0.2) is 22.4 Å². The maximum Gasteiger partial charge on any atom is 0.257 e. The molecular weight excluding hydrogens is 334 g/mol. The summed E-state index contributed by atoms with van der Waals surface area (Å²) < 4.78 is 5.62. The largest absolute Gasteiger partial charge is 0.431 e. The Hall–Kier alpha value is -1.82. The minimum atomic E-state index is -0.121. The lowest BCUT2D eigenvalue weighted by Gasteiger charge is -2.34. The van der Waals surface area contributed by atoms with E-state index in [0.29, 0.717) is 11.1 Å². The highest BCUT2D eigenvalue weighted by molar-refractivity contribution is 7.99. The van der Waals surface area contributed by atoms with Crippen LogP contribution >= 0.6 is 11.8 Å². The van der Waals surface area contributed by atoms with Gasteiger partial charge in [-0.2, -0.15) is 5.10 Å². The van der Waals surface area contributed by atoms with Crippen molar-refractivity contribution in [2.45, 2.75) is 45.3 Å². The molecule has 1 N–H and O–H groups in total. The molecule has 1 amide bonds. The van der Waals surface area contributed by atoms with Gasteiger partial charge in [-0.05, 0) is 42.7 Å². The van der Waals surface area contributed by atoms with Crippen LogP contribution < -0.4 is 5.43 Å². The van der Waals surface area contributed by atoms with Crippen molar-refractivity contribution in [3.05, 3.63) is 24.3 Å². The Bertz CT molecular complexity index is 824. The zero-order valence-electron chi connectivity index (χ0n) is 14.8. The quantitative estimate of drug-likeness (QED) is 0.656. The molecule has 25 heavy (non-hydrogen) atoms. The van der Waals surface area contributed by atoms with Crippen molar-refractivity contribution >= 4 is 34.5 Å². The summed E-state index contributed by atoms with van der Waals surface area (Å²) in [5.74, 6) is 0.804. The van der Waals surface area contributed by atoms with Crippen LogP contribution in [0.1, 0.15) is 40.0 Å². The number of carbonyl (C=O) groups excluding carboxylic acids is 1. The number of hydrogen-bond donors (Lipinski definition) is 1. The van der Waals surface area contributed by atoms with E-state index >= 15 is 0 Å². The molecule has 2 fully saturated rings. The summed E-state index contributed by atoms with van der Waals surface area (Å²) in [6.45, 7) is 6.95. The van der Waals surface area contributed by atoms with Gasteiger partial charge in [-0.15, -0.1) is 0 Å². The zero-order chi connectivity index (χ0) is 17.7. The molecule has 2 aliphatic rings. The highest BCUT2D eigenvalue weighted by Crippen LogP contribution is 2.63. The van der Waals surface area contributed by atoms with Gasteiger partial charge in [0.05, 0.1) is 5.75 Å². The molecular formula is C19H23N3O2S. The Morgan fingerprint density at radius 1 is 1.40 bits per heavy atom. The normalized spacial score (nSPS) is 28.8. The van der Waals surface area contributed by atoms with Crippen LogP contribution in [-0.2, 0) is 4.79 Å². The second-order valence-corrected chi connectivity index (χ2v) is 8.75. The standard InChI is InChI=1S/C19H23N3O2S/c1-18(2)12-8-9-19(18,3)15(10-12)21-22-16(23)11-25-17-20-13-6-4-5-7-14(13)24-17/h4-7,12H,8-11H2,1-3H3,(H,22,23)/b21-15+/t12-,19-/m0/s1. The Labute approximate surface area is 151 Å². The molecule has 0 spiro atoms. The van der Waals surface area contributed by atoms with E-state index in [9.17, 15) is 4.79 Å². The van der Waals surface area contributed by atoms with E-state index in [-0.39, 0.29) is 22.5 Å². The number of nitrogens with zero attached hydrogens (tertiary/aromatic N) is 2. The van der Waals surface area contributed by atoms with Crippen LogP contribution in [0.2, 0.25) is 0 Å². The van der Waals surface area contributed by atoms with Crippen molar-refractivity contribution in [1.82, 2.24) is 10.4 Å². The molecule has 0 unspecified atom stereocenters. The predicted octanol–water partition coefficient (Wildman–Crippen LogP) is 4.24. The summed E-state index contributed by atoms with van der Waals surface area (Å²) in [5, 5.41) is 4.99. The number of hydrogen-bond acceptors (Lipinski definition) is 5. The molecule has 2 aliphatic carbocycles. The Balaban J connectivity index is 1.37. The fourth-order valence-corrected chi connectivity index (χ4v) is 4.93. The van der Waals surface area contributed by atoms with E-state index in [1.165, 1.54) is 18.2 Å². The SMILES string of the molecule is CC1(C)[C@H]2CC[C@@]1(C)/C(=N/NC(=O)CSc1nc3ccccc3o1)C2. The monoisotopic (exact) mass is 357 g/mol. The van der Waals surface area contributed by atoms with Crippen molar-refractivity contribution < 1.29 is 9.21 Å². The number of para-hydroxylation sites is 2. The third-order valence-corrected chi connectivity index (χ3v) is 7.26. The van der Waals surface area contributed by atoms with Gasteiger partial charge in [0, 0.05) is 11.1 Å². The zero-order valence-corrected chi connectivity index (χ0v) is 15.7. The fraction of sp³-hybridized carbons (Fsp3) is 0.526. The summed E-state index contributed by atoms with van der Waals surface area (Å²) in [6.07, 6.45) is 3.43. The first-order chi connectivity index (χ1) is 11.9. The summed E-state index contributed by atoms with van der Waals surface area (Å²) in [6, 6.07) is 7.59. The minimum absolute atomic E-state index is 0.110. The summed E-state index contributed by atoms with van der Waals surface area (Å²) >= 11 is 1.29. The molecule has 5 nitrogen and oxygen atoms in total. The van der Waals surface area contributed by atoms with Crippen molar-refractivity contribution in [2.24, 2.45) is 21.8 Å². The van der Waals surface area contributed by atoms with Crippen molar-refractivity contribution in [2.75, 3.05) is 5.75 Å². The third-order valence-electron chi connectivity index (χ3n) is 6.43. The molecule has 0 radical (unpaired) electrons. The third kappa shape index (κ3) is 2.67. The Morgan fingerprint density at radius 2 is 2.20 bits per heavy atom. The minimum Gasteiger partial charge on any atom is -0.431 e. The van der Waals surface area contributed by atoms with Gasteiger partial charge < -0.3 is 4.42 Å². The molecule has 6 heteroatoms.